The molecule has 0 aliphatic carbocycles. The third-order valence-electron chi connectivity index (χ3n) is 3.07. The lowest BCUT2D eigenvalue weighted by Crippen LogP contribution is -2.57. The van der Waals surface area contributed by atoms with Gasteiger partial charge in [-0.3, -0.25) is 4.90 Å². The zero-order valence-electron chi connectivity index (χ0n) is 8.02. The topological polar surface area (TPSA) is 23.5 Å². The van der Waals surface area contributed by atoms with E-state index in [2.05, 4.69) is 18.7 Å². The Bertz CT molecular complexity index is 136. The summed E-state index contributed by atoms with van der Waals surface area (Å²) in [7, 11) is 2.00. The van der Waals surface area contributed by atoms with Gasteiger partial charge in [0.05, 0.1) is 0 Å². The van der Waals surface area contributed by atoms with Crippen LogP contribution in [0, 0.1) is 0 Å². The van der Waals surface area contributed by atoms with E-state index in [1.807, 2.05) is 14.0 Å². The Morgan fingerprint density at radius 1 is 1.18 bits per heavy atom. The third-order valence-corrected chi connectivity index (χ3v) is 3.07. The number of hydrogen-bond donors (Lipinski definition) is 1. The first-order valence-corrected chi connectivity index (χ1v) is 4.33. The Kier molecular flexibility index (Phi) is 2.01. The smallest absolute Gasteiger partial charge is 0.115 e. The van der Waals surface area contributed by atoms with Crippen molar-refractivity contribution in [3.05, 3.63) is 0 Å². The molecule has 0 saturated carbocycles. The van der Waals surface area contributed by atoms with Crippen molar-refractivity contribution < 1.29 is 5.11 Å². The van der Waals surface area contributed by atoms with Crippen molar-refractivity contribution in [2.24, 2.45) is 0 Å². The Balaban J connectivity index is 2.76. The molecule has 1 heterocycles. The molecule has 1 N–H and O–H groups in total. The van der Waals surface area contributed by atoms with Gasteiger partial charge in [0, 0.05) is 5.54 Å². The van der Waals surface area contributed by atoms with E-state index in [1.54, 1.807) is 0 Å². The highest BCUT2D eigenvalue weighted by molar-refractivity contribution is 4.90. The van der Waals surface area contributed by atoms with Crippen LogP contribution in [0.2, 0.25) is 0 Å². The van der Waals surface area contributed by atoms with Crippen LogP contribution in [0.25, 0.3) is 0 Å². The van der Waals surface area contributed by atoms with Crippen molar-refractivity contribution in [3.8, 4) is 0 Å². The van der Waals surface area contributed by atoms with Gasteiger partial charge < -0.3 is 5.11 Å². The van der Waals surface area contributed by atoms with Crippen molar-refractivity contribution in [2.75, 3.05) is 7.05 Å². The molecule has 11 heavy (non-hydrogen) atoms. The number of hydrogen-bond acceptors (Lipinski definition) is 2. The molecule has 0 aromatic heterocycles. The maximum absolute atomic E-state index is 9.90. The summed E-state index contributed by atoms with van der Waals surface area (Å²) in [5, 5.41) is 9.90. The Labute approximate surface area is 69.2 Å². The van der Waals surface area contributed by atoms with Gasteiger partial charge in [0.15, 0.2) is 0 Å². The molecule has 1 saturated heterocycles. The van der Waals surface area contributed by atoms with Crippen LogP contribution in [0.4, 0.5) is 0 Å². The molecule has 1 aliphatic rings. The first-order chi connectivity index (χ1) is 4.86. The van der Waals surface area contributed by atoms with Gasteiger partial charge in [-0.2, -0.15) is 0 Å². The molecule has 1 aliphatic heterocycles. The van der Waals surface area contributed by atoms with Crippen LogP contribution in [0.1, 0.15) is 40.0 Å². The monoisotopic (exact) mass is 157 g/mol. The molecule has 1 rings (SSSR count). The molecule has 2 nitrogen and oxygen atoms in total. The molecule has 0 radical (unpaired) electrons. The fraction of sp³-hybridized carbons (Fsp3) is 1.00. The van der Waals surface area contributed by atoms with Crippen LogP contribution in [0.3, 0.4) is 0 Å². The second kappa shape index (κ2) is 2.46. The molecule has 1 unspecified atom stereocenters. The number of piperidine rings is 1. The molecule has 0 aromatic carbocycles. The Hall–Kier alpha value is -0.0800. The van der Waals surface area contributed by atoms with Crippen LogP contribution in [-0.2, 0) is 0 Å². The number of rotatable bonds is 0. The van der Waals surface area contributed by atoms with Crippen molar-refractivity contribution in [1.82, 2.24) is 4.90 Å². The average Bonchev–Trinajstić information content (AvgIpc) is 1.82. The second-order valence-electron chi connectivity index (χ2n) is 4.44. The van der Waals surface area contributed by atoms with Gasteiger partial charge in [-0.25, -0.2) is 0 Å². The van der Waals surface area contributed by atoms with E-state index in [-0.39, 0.29) is 5.54 Å². The molecular weight excluding hydrogens is 138 g/mol. The van der Waals surface area contributed by atoms with E-state index in [1.165, 1.54) is 6.42 Å². The SMILES string of the molecule is CN1C(C)(C)CCCC1(C)O. The van der Waals surface area contributed by atoms with Gasteiger partial charge in [0.2, 0.25) is 0 Å². The standard InChI is InChI=1S/C9H19NO/c1-8(2)6-5-7-9(3,11)10(8)4/h11H,5-7H2,1-4H3. The summed E-state index contributed by atoms with van der Waals surface area (Å²) >= 11 is 0. The lowest BCUT2D eigenvalue weighted by molar-refractivity contribution is -0.153. The summed E-state index contributed by atoms with van der Waals surface area (Å²) in [6, 6.07) is 0. The summed E-state index contributed by atoms with van der Waals surface area (Å²) in [5.41, 5.74) is -0.441. The molecule has 66 valence electrons. The highest BCUT2D eigenvalue weighted by Crippen LogP contribution is 2.34. The van der Waals surface area contributed by atoms with Gasteiger partial charge in [-0.1, -0.05) is 0 Å². The van der Waals surface area contributed by atoms with Crippen LogP contribution in [0.5, 0.6) is 0 Å². The molecule has 0 bridgehead atoms. The van der Waals surface area contributed by atoms with E-state index in [9.17, 15) is 5.11 Å². The molecule has 1 atom stereocenters. The predicted octanol–water partition coefficient (Wildman–Crippen LogP) is 1.59. The van der Waals surface area contributed by atoms with Crippen molar-refractivity contribution in [2.45, 2.75) is 51.3 Å². The molecular formula is C9H19NO. The van der Waals surface area contributed by atoms with Crippen LogP contribution < -0.4 is 0 Å². The minimum Gasteiger partial charge on any atom is -0.376 e. The zero-order chi connectivity index (χ0) is 8.70. The minimum absolute atomic E-state index is 0.155. The molecule has 0 amide bonds. The minimum atomic E-state index is -0.595. The lowest BCUT2D eigenvalue weighted by atomic mass is 9.86. The average molecular weight is 157 g/mol. The molecule has 2 heteroatoms. The number of nitrogens with zero attached hydrogens (tertiary/aromatic N) is 1. The fourth-order valence-electron chi connectivity index (χ4n) is 1.84. The van der Waals surface area contributed by atoms with Crippen molar-refractivity contribution >= 4 is 0 Å². The molecule has 0 aromatic rings. The van der Waals surface area contributed by atoms with E-state index in [0.29, 0.717) is 0 Å². The first-order valence-electron chi connectivity index (χ1n) is 4.33. The van der Waals surface area contributed by atoms with Crippen LogP contribution in [0.15, 0.2) is 0 Å². The first kappa shape index (κ1) is 9.01. The van der Waals surface area contributed by atoms with E-state index in [4.69, 9.17) is 0 Å². The summed E-state index contributed by atoms with van der Waals surface area (Å²) in [5.74, 6) is 0. The van der Waals surface area contributed by atoms with E-state index >= 15 is 0 Å². The summed E-state index contributed by atoms with van der Waals surface area (Å²) in [6.07, 6.45) is 3.21. The van der Waals surface area contributed by atoms with E-state index in [0.717, 1.165) is 12.8 Å². The molecule has 1 fully saturated rings. The predicted molar refractivity (Wildman–Crippen MR) is 46.3 cm³/mol. The number of aliphatic hydroxyl groups is 1. The maximum atomic E-state index is 9.90. The van der Waals surface area contributed by atoms with Crippen LogP contribution in [-0.4, -0.2) is 28.3 Å². The molecule has 0 spiro atoms. The lowest BCUT2D eigenvalue weighted by Gasteiger charge is -2.49. The second-order valence-corrected chi connectivity index (χ2v) is 4.44. The summed E-state index contributed by atoms with van der Waals surface area (Å²) < 4.78 is 0. The third kappa shape index (κ3) is 1.57. The summed E-state index contributed by atoms with van der Waals surface area (Å²) in [6.45, 7) is 6.26. The highest BCUT2D eigenvalue weighted by Gasteiger charge is 2.39. The van der Waals surface area contributed by atoms with Gasteiger partial charge in [-0.05, 0) is 47.1 Å². The van der Waals surface area contributed by atoms with Crippen molar-refractivity contribution in [1.29, 1.82) is 0 Å². The number of likely N-dealkylation sites (tertiary alicyclic amines) is 1. The van der Waals surface area contributed by atoms with Crippen molar-refractivity contribution in [3.63, 3.8) is 0 Å². The van der Waals surface area contributed by atoms with Gasteiger partial charge in [-0.15, -0.1) is 0 Å². The maximum Gasteiger partial charge on any atom is 0.115 e. The zero-order valence-corrected chi connectivity index (χ0v) is 8.02. The quantitative estimate of drug-likeness (QED) is 0.577. The largest absolute Gasteiger partial charge is 0.376 e. The van der Waals surface area contributed by atoms with Gasteiger partial charge >= 0.3 is 0 Å². The Morgan fingerprint density at radius 2 is 1.73 bits per heavy atom. The summed E-state index contributed by atoms with van der Waals surface area (Å²) in [4.78, 5) is 2.07. The van der Waals surface area contributed by atoms with Gasteiger partial charge in [0.25, 0.3) is 0 Å². The van der Waals surface area contributed by atoms with Crippen LogP contribution >= 0.6 is 0 Å². The van der Waals surface area contributed by atoms with Gasteiger partial charge in [0.1, 0.15) is 5.72 Å². The Morgan fingerprint density at radius 3 is 2.09 bits per heavy atom. The fourth-order valence-corrected chi connectivity index (χ4v) is 1.84. The highest BCUT2D eigenvalue weighted by atomic mass is 16.3. The normalized spacial score (nSPS) is 39.0. The van der Waals surface area contributed by atoms with E-state index < -0.39 is 5.72 Å².